The molecule has 27 heavy (non-hydrogen) atoms. The molecule has 2 heterocycles. The zero-order valence-corrected chi connectivity index (χ0v) is 16.9. The van der Waals surface area contributed by atoms with Gasteiger partial charge in [0.1, 0.15) is 5.76 Å². The van der Waals surface area contributed by atoms with Crippen LogP contribution in [0.15, 0.2) is 34.7 Å². The van der Waals surface area contributed by atoms with Gasteiger partial charge in [0.25, 0.3) is 0 Å². The highest BCUT2D eigenvalue weighted by molar-refractivity contribution is 5.78. The van der Waals surface area contributed by atoms with Crippen molar-refractivity contribution in [3.05, 3.63) is 41.8 Å². The number of piperidine rings is 1. The molecule has 1 aliphatic heterocycles. The van der Waals surface area contributed by atoms with Crippen LogP contribution >= 0.6 is 0 Å². The SMILES string of the molecule is Cc1oc(-c2ccccc2)nc1CC(=O)NC(C)CN1CC(C)CC(C)C1. The normalized spacial score (nSPS) is 21.8. The summed E-state index contributed by atoms with van der Waals surface area (Å²) in [6.07, 6.45) is 1.55. The van der Waals surface area contributed by atoms with Crippen molar-refractivity contribution in [2.75, 3.05) is 19.6 Å². The number of hydrogen-bond acceptors (Lipinski definition) is 4. The van der Waals surface area contributed by atoms with Gasteiger partial charge in [0.2, 0.25) is 11.8 Å². The molecule has 1 aliphatic rings. The number of rotatable bonds is 6. The fourth-order valence-electron chi connectivity index (χ4n) is 4.15. The van der Waals surface area contributed by atoms with Crippen molar-refractivity contribution < 1.29 is 9.21 Å². The fraction of sp³-hybridized carbons (Fsp3) is 0.545. The smallest absolute Gasteiger partial charge is 0.226 e. The Bertz CT molecular complexity index is 746. The number of carbonyl (C=O) groups excluding carboxylic acids is 1. The minimum absolute atomic E-state index is 0.00313. The van der Waals surface area contributed by atoms with Gasteiger partial charge in [-0.25, -0.2) is 4.98 Å². The van der Waals surface area contributed by atoms with E-state index < -0.39 is 0 Å². The predicted molar refractivity (Wildman–Crippen MR) is 107 cm³/mol. The molecule has 3 unspecified atom stereocenters. The molecule has 3 rings (SSSR count). The van der Waals surface area contributed by atoms with Crippen LogP contribution in [0.3, 0.4) is 0 Å². The average molecular weight is 370 g/mol. The lowest BCUT2D eigenvalue weighted by Gasteiger charge is -2.36. The number of aryl methyl sites for hydroxylation is 1. The van der Waals surface area contributed by atoms with E-state index in [9.17, 15) is 4.79 Å². The number of likely N-dealkylation sites (tertiary alicyclic amines) is 1. The quantitative estimate of drug-likeness (QED) is 0.844. The number of nitrogens with zero attached hydrogens (tertiary/aromatic N) is 2. The first-order valence-electron chi connectivity index (χ1n) is 9.94. The number of oxazole rings is 1. The molecule has 146 valence electrons. The maximum atomic E-state index is 12.5. The van der Waals surface area contributed by atoms with Gasteiger partial charge in [-0.2, -0.15) is 0 Å². The summed E-state index contributed by atoms with van der Waals surface area (Å²) in [6, 6.07) is 9.89. The van der Waals surface area contributed by atoms with E-state index in [-0.39, 0.29) is 18.4 Å². The Hall–Kier alpha value is -2.14. The monoisotopic (exact) mass is 369 g/mol. The van der Waals surface area contributed by atoms with E-state index in [0.29, 0.717) is 17.3 Å². The van der Waals surface area contributed by atoms with E-state index in [1.54, 1.807) is 0 Å². The van der Waals surface area contributed by atoms with Gasteiger partial charge in [-0.1, -0.05) is 32.0 Å². The predicted octanol–water partition coefficient (Wildman–Crippen LogP) is 3.68. The summed E-state index contributed by atoms with van der Waals surface area (Å²) in [7, 11) is 0. The molecule has 0 aliphatic carbocycles. The Balaban J connectivity index is 1.54. The van der Waals surface area contributed by atoms with Gasteiger partial charge in [0, 0.05) is 31.2 Å². The summed E-state index contributed by atoms with van der Waals surface area (Å²) in [4.78, 5) is 19.5. The molecule has 1 fully saturated rings. The van der Waals surface area contributed by atoms with Gasteiger partial charge in [0.05, 0.1) is 12.1 Å². The van der Waals surface area contributed by atoms with Crippen molar-refractivity contribution in [1.29, 1.82) is 0 Å². The molecule has 5 nitrogen and oxygen atoms in total. The molecular weight excluding hydrogens is 338 g/mol. The minimum atomic E-state index is -0.00313. The van der Waals surface area contributed by atoms with Gasteiger partial charge in [0.15, 0.2) is 0 Å². The van der Waals surface area contributed by atoms with Gasteiger partial charge in [-0.05, 0) is 44.2 Å². The molecule has 3 atom stereocenters. The van der Waals surface area contributed by atoms with Crippen molar-refractivity contribution in [3.8, 4) is 11.5 Å². The summed E-state index contributed by atoms with van der Waals surface area (Å²) in [5.41, 5.74) is 1.63. The van der Waals surface area contributed by atoms with Crippen LogP contribution in [-0.2, 0) is 11.2 Å². The number of aromatic nitrogens is 1. The fourth-order valence-corrected chi connectivity index (χ4v) is 4.15. The van der Waals surface area contributed by atoms with Crippen LogP contribution in [-0.4, -0.2) is 41.5 Å². The van der Waals surface area contributed by atoms with Gasteiger partial charge >= 0.3 is 0 Å². The highest BCUT2D eigenvalue weighted by Gasteiger charge is 2.23. The van der Waals surface area contributed by atoms with E-state index in [0.717, 1.165) is 37.0 Å². The molecule has 0 spiro atoms. The first-order valence-corrected chi connectivity index (χ1v) is 9.94. The second-order valence-corrected chi connectivity index (χ2v) is 8.20. The highest BCUT2D eigenvalue weighted by Crippen LogP contribution is 2.22. The molecule has 0 bridgehead atoms. The molecule has 1 saturated heterocycles. The standard InChI is InChI=1S/C22H31N3O2/c1-15-10-16(2)13-25(12-15)14-17(3)23-21(26)11-20-18(4)27-22(24-20)19-8-6-5-7-9-19/h5-9,15-17H,10-14H2,1-4H3,(H,23,26). The Morgan fingerprint density at radius 2 is 1.93 bits per heavy atom. The number of benzene rings is 1. The van der Waals surface area contributed by atoms with Crippen molar-refractivity contribution in [2.24, 2.45) is 11.8 Å². The summed E-state index contributed by atoms with van der Waals surface area (Å²) < 4.78 is 5.75. The third-order valence-electron chi connectivity index (χ3n) is 5.13. The summed E-state index contributed by atoms with van der Waals surface area (Å²) in [6.45, 7) is 11.7. The molecule has 2 aromatic rings. The van der Waals surface area contributed by atoms with Crippen LogP contribution in [0.4, 0.5) is 0 Å². The summed E-state index contributed by atoms with van der Waals surface area (Å²) >= 11 is 0. The lowest BCUT2D eigenvalue weighted by atomic mass is 9.92. The van der Waals surface area contributed by atoms with Gasteiger partial charge in [-0.15, -0.1) is 0 Å². The van der Waals surface area contributed by atoms with E-state index in [1.165, 1.54) is 6.42 Å². The van der Waals surface area contributed by atoms with Crippen molar-refractivity contribution in [1.82, 2.24) is 15.2 Å². The van der Waals surface area contributed by atoms with Crippen molar-refractivity contribution >= 4 is 5.91 Å². The molecular formula is C22H31N3O2. The lowest BCUT2D eigenvalue weighted by molar-refractivity contribution is -0.121. The van der Waals surface area contributed by atoms with Gasteiger partial charge in [-0.3, -0.25) is 4.79 Å². The topological polar surface area (TPSA) is 58.4 Å². The first kappa shape index (κ1) is 19.6. The molecule has 1 N–H and O–H groups in total. The van der Waals surface area contributed by atoms with Crippen molar-refractivity contribution in [2.45, 2.75) is 46.6 Å². The number of hydrogen-bond donors (Lipinski definition) is 1. The molecule has 1 aromatic carbocycles. The molecule has 0 saturated carbocycles. The largest absolute Gasteiger partial charge is 0.441 e. The second-order valence-electron chi connectivity index (χ2n) is 8.20. The minimum Gasteiger partial charge on any atom is -0.441 e. The first-order chi connectivity index (χ1) is 12.9. The summed E-state index contributed by atoms with van der Waals surface area (Å²) in [5, 5.41) is 3.12. The Morgan fingerprint density at radius 1 is 1.26 bits per heavy atom. The Kier molecular flexibility index (Phi) is 6.32. The van der Waals surface area contributed by atoms with Crippen LogP contribution in [0.5, 0.6) is 0 Å². The highest BCUT2D eigenvalue weighted by atomic mass is 16.4. The van der Waals surface area contributed by atoms with E-state index in [4.69, 9.17) is 4.42 Å². The maximum Gasteiger partial charge on any atom is 0.226 e. The van der Waals surface area contributed by atoms with Crippen molar-refractivity contribution in [3.63, 3.8) is 0 Å². The van der Waals surface area contributed by atoms with E-state index in [1.807, 2.05) is 37.3 Å². The number of nitrogens with one attached hydrogen (secondary N) is 1. The van der Waals surface area contributed by atoms with Crippen LogP contribution in [0.25, 0.3) is 11.5 Å². The molecule has 1 aromatic heterocycles. The molecule has 0 radical (unpaired) electrons. The number of amides is 1. The van der Waals surface area contributed by atoms with Crippen LogP contribution < -0.4 is 5.32 Å². The van der Waals surface area contributed by atoms with Crippen LogP contribution in [0.1, 0.15) is 38.6 Å². The summed E-state index contributed by atoms with van der Waals surface area (Å²) in [5.74, 6) is 2.73. The van der Waals surface area contributed by atoms with Gasteiger partial charge < -0.3 is 14.6 Å². The molecule has 1 amide bonds. The number of carbonyl (C=O) groups is 1. The maximum absolute atomic E-state index is 12.5. The van der Waals surface area contributed by atoms with Crippen LogP contribution in [0, 0.1) is 18.8 Å². The van der Waals surface area contributed by atoms with Crippen LogP contribution in [0.2, 0.25) is 0 Å². The average Bonchev–Trinajstić information content (AvgIpc) is 2.95. The van der Waals surface area contributed by atoms with E-state index in [2.05, 4.69) is 36.0 Å². The zero-order valence-electron chi connectivity index (χ0n) is 16.9. The second kappa shape index (κ2) is 8.70. The third-order valence-corrected chi connectivity index (χ3v) is 5.13. The molecule has 5 heteroatoms. The Labute approximate surface area is 162 Å². The lowest BCUT2D eigenvalue weighted by Crippen LogP contribution is -2.47. The zero-order chi connectivity index (χ0) is 19.4. The van der Waals surface area contributed by atoms with E-state index >= 15 is 0 Å². The Morgan fingerprint density at radius 3 is 2.59 bits per heavy atom. The third kappa shape index (κ3) is 5.42.